The van der Waals surface area contributed by atoms with Crippen molar-refractivity contribution in [2.75, 3.05) is 7.05 Å². The van der Waals surface area contributed by atoms with Crippen LogP contribution < -0.4 is 0 Å². The highest BCUT2D eigenvalue weighted by Gasteiger charge is 2.35. The largest absolute Gasteiger partial charge is 0.416 e. The van der Waals surface area contributed by atoms with Crippen molar-refractivity contribution in [3.8, 4) is 6.07 Å². The van der Waals surface area contributed by atoms with Crippen molar-refractivity contribution in [3.05, 3.63) is 35.4 Å². The first kappa shape index (κ1) is 16.3. The molecule has 1 fully saturated rings. The first-order valence-electron chi connectivity index (χ1n) is 7.14. The third-order valence-corrected chi connectivity index (χ3v) is 4.27. The maximum atomic E-state index is 12.6. The lowest BCUT2D eigenvalue weighted by atomic mass is 9.92. The Kier molecular flexibility index (Phi) is 4.74. The standard InChI is InChI=1S/C16H17F3N2O/c1-21(15(22)9-10-20)14-4-2-3-13(14)11-5-7-12(8-6-11)16(17,18)19/h5-8,13-14H,2-4,9H2,1H3/t13-,14-/m1/s1. The molecule has 0 radical (unpaired) electrons. The molecule has 0 aliphatic heterocycles. The van der Waals surface area contributed by atoms with Gasteiger partial charge in [0, 0.05) is 19.0 Å². The fraction of sp³-hybridized carbons (Fsp3) is 0.500. The van der Waals surface area contributed by atoms with Crippen molar-refractivity contribution in [2.24, 2.45) is 0 Å². The quantitative estimate of drug-likeness (QED) is 0.854. The summed E-state index contributed by atoms with van der Waals surface area (Å²) in [5, 5.41) is 8.61. The van der Waals surface area contributed by atoms with Crippen LogP contribution in [0.4, 0.5) is 13.2 Å². The number of hydrogen-bond donors (Lipinski definition) is 0. The Balaban J connectivity index is 2.17. The number of benzene rings is 1. The third-order valence-electron chi connectivity index (χ3n) is 4.27. The summed E-state index contributed by atoms with van der Waals surface area (Å²) in [4.78, 5) is 13.4. The van der Waals surface area contributed by atoms with Crippen LogP contribution in [0.25, 0.3) is 0 Å². The second-order valence-corrected chi connectivity index (χ2v) is 5.56. The van der Waals surface area contributed by atoms with Crippen LogP contribution in [-0.4, -0.2) is 23.9 Å². The molecule has 0 heterocycles. The third kappa shape index (κ3) is 3.41. The van der Waals surface area contributed by atoms with Gasteiger partial charge in [-0.25, -0.2) is 0 Å². The van der Waals surface area contributed by atoms with Crippen LogP contribution in [-0.2, 0) is 11.0 Å². The average Bonchev–Trinajstić information content (AvgIpc) is 2.95. The van der Waals surface area contributed by atoms with Gasteiger partial charge in [-0.15, -0.1) is 0 Å². The second kappa shape index (κ2) is 6.39. The molecule has 2 rings (SSSR count). The fourth-order valence-corrected chi connectivity index (χ4v) is 3.09. The highest BCUT2D eigenvalue weighted by Crippen LogP contribution is 2.38. The number of carbonyl (C=O) groups excluding carboxylic acids is 1. The number of nitriles is 1. The van der Waals surface area contributed by atoms with Crippen molar-refractivity contribution in [1.82, 2.24) is 4.90 Å². The molecule has 0 aromatic heterocycles. The van der Waals surface area contributed by atoms with E-state index in [1.54, 1.807) is 11.9 Å². The molecule has 0 bridgehead atoms. The molecule has 1 saturated carbocycles. The SMILES string of the molecule is CN(C(=O)CC#N)[C@@H]1CCC[C@@H]1c1ccc(C(F)(F)F)cc1. The van der Waals surface area contributed by atoms with Gasteiger partial charge >= 0.3 is 6.18 Å². The first-order valence-corrected chi connectivity index (χ1v) is 7.14. The molecule has 1 aromatic carbocycles. The monoisotopic (exact) mass is 310 g/mol. The van der Waals surface area contributed by atoms with Crippen molar-refractivity contribution in [1.29, 1.82) is 5.26 Å². The van der Waals surface area contributed by atoms with Crippen LogP contribution in [0.5, 0.6) is 0 Å². The minimum absolute atomic E-state index is 0.0231. The molecule has 1 aromatic rings. The van der Waals surface area contributed by atoms with Crippen LogP contribution in [0.2, 0.25) is 0 Å². The highest BCUT2D eigenvalue weighted by molar-refractivity contribution is 5.78. The summed E-state index contributed by atoms with van der Waals surface area (Å²) in [5.74, 6) is -0.221. The topological polar surface area (TPSA) is 44.1 Å². The van der Waals surface area contributed by atoms with Gasteiger partial charge in [-0.2, -0.15) is 18.4 Å². The minimum Gasteiger partial charge on any atom is -0.341 e. The molecule has 0 unspecified atom stereocenters. The van der Waals surface area contributed by atoms with Crippen LogP contribution >= 0.6 is 0 Å². The van der Waals surface area contributed by atoms with E-state index in [-0.39, 0.29) is 24.3 Å². The summed E-state index contributed by atoms with van der Waals surface area (Å²) in [6, 6.07) is 6.94. The van der Waals surface area contributed by atoms with Gasteiger partial charge in [-0.3, -0.25) is 4.79 Å². The lowest BCUT2D eigenvalue weighted by Gasteiger charge is -2.29. The number of likely N-dealkylation sites (N-methyl/N-ethyl adjacent to an activating group) is 1. The average molecular weight is 310 g/mol. The van der Waals surface area contributed by atoms with Crippen LogP contribution in [0.15, 0.2) is 24.3 Å². The van der Waals surface area contributed by atoms with E-state index in [0.717, 1.165) is 37.0 Å². The maximum Gasteiger partial charge on any atom is 0.416 e. The predicted molar refractivity (Wildman–Crippen MR) is 74.8 cm³/mol. The van der Waals surface area contributed by atoms with Gasteiger partial charge in [0.05, 0.1) is 11.6 Å². The molecular formula is C16H17F3N2O. The summed E-state index contributed by atoms with van der Waals surface area (Å²) < 4.78 is 37.8. The van der Waals surface area contributed by atoms with Crippen molar-refractivity contribution >= 4 is 5.91 Å². The van der Waals surface area contributed by atoms with Gasteiger partial charge in [0.25, 0.3) is 0 Å². The minimum atomic E-state index is -4.34. The lowest BCUT2D eigenvalue weighted by Crippen LogP contribution is -2.38. The predicted octanol–water partition coefficient (Wildman–Crippen LogP) is 3.71. The van der Waals surface area contributed by atoms with E-state index in [0.29, 0.717) is 0 Å². The number of carbonyl (C=O) groups is 1. The van der Waals surface area contributed by atoms with Gasteiger partial charge in [0.2, 0.25) is 5.91 Å². The Morgan fingerprint density at radius 2 is 1.95 bits per heavy atom. The molecule has 118 valence electrons. The molecule has 0 saturated heterocycles. The van der Waals surface area contributed by atoms with Gasteiger partial charge < -0.3 is 4.90 Å². The smallest absolute Gasteiger partial charge is 0.341 e. The molecule has 1 aliphatic carbocycles. The maximum absolute atomic E-state index is 12.6. The Morgan fingerprint density at radius 3 is 2.50 bits per heavy atom. The van der Waals surface area contributed by atoms with Crippen LogP contribution in [0.3, 0.4) is 0 Å². The second-order valence-electron chi connectivity index (χ2n) is 5.56. The number of alkyl halides is 3. The molecular weight excluding hydrogens is 293 g/mol. The Bertz CT molecular complexity index is 575. The van der Waals surface area contributed by atoms with Gasteiger partial charge in [-0.1, -0.05) is 18.6 Å². The van der Waals surface area contributed by atoms with Crippen molar-refractivity contribution < 1.29 is 18.0 Å². The summed E-state index contributed by atoms with van der Waals surface area (Å²) in [6.45, 7) is 0. The summed E-state index contributed by atoms with van der Waals surface area (Å²) >= 11 is 0. The fourth-order valence-electron chi connectivity index (χ4n) is 3.09. The zero-order chi connectivity index (χ0) is 16.3. The first-order chi connectivity index (χ1) is 10.3. The molecule has 2 atom stereocenters. The van der Waals surface area contributed by atoms with Gasteiger partial charge in [0.15, 0.2) is 0 Å². The lowest BCUT2D eigenvalue weighted by molar-refractivity contribution is -0.137. The molecule has 1 aliphatic rings. The van der Waals surface area contributed by atoms with E-state index >= 15 is 0 Å². The highest BCUT2D eigenvalue weighted by atomic mass is 19.4. The van der Waals surface area contributed by atoms with E-state index in [9.17, 15) is 18.0 Å². The van der Waals surface area contributed by atoms with E-state index in [1.807, 2.05) is 6.07 Å². The summed E-state index contributed by atoms with van der Waals surface area (Å²) in [5.41, 5.74) is 0.145. The normalized spacial score (nSPS) is 21.4. The van der Waals surface area contributed by atoms with E-state index in [1.165, 1.54) is 12.1 Å². The van der Waals surface area contributed by atoms with Crippen LogP contribution in [0, 0.1) is 11.3 Å². The van der Waals surface area contributed by atoms with Crippen LogP contribution in [0.1, 0.15) is 42.7 Å². The van der Waals surface area contributed by atoms with Gasteiger partial charge in [0.1, 0.15) is 6.42 Å². The number of amides is 1. The van der Waals surface area contributed by atoms with Crippen molar-refractivity contribution in [2.45, 2.75) is 43.8 Å². The molecule has 3 nitrogen and oxygen atoms in total. The number of hydrogen-bond acceptors (Lipinski definition) is 2. The molecule has 0 N–H and O–H groups in total. The van der Waals surface area contributed by atoms with E-state index in [2.05, 4.69) is 0 Å². The molecule has 22 heavy (non-hydrogen) atoms. The number of rotatable bonds is 3. The van der Waals surface area contributed by atoms with Crippen molar-refractivity contribution in [3.63, 3.8) is 0 Å². The number of nitrogens with zero attached hydrogens (tertiary/aromatic N) is 2. The molecule has 6 heteroatoms. The number of halogens is 3. The van der Waals surface area contributed by atoms with E-state index < -0.39 is 11.7 Å². The Morgan fingerprint density at radius 1 is 1.32 bits per heavy atom. The molecule has 0 spiro atoms. The zero-order valence-corrected chi connectivity index (χ0v) is 12.2. The van der Waals surface area contributed by atoms with E-state index in [4.69, 9.17) is 5.26 Å². The summed E-state index contributed by atoms with van der Waals surface area (Å²) in [6.07, 6.45) is -1.96. The summed E-state index contributed by atoms with van der Waals surface area (Å²) in [7, 11) is 1.66. The molecule has 1 amide bonds. The Labute approximate surface area is 127 Å². The van der Waals surface area contributed by atoms with Gasteiger partial charge in [-0.05, 0) is 30.5 Å². The Hall–Kier alpha value is -2.03. The zero-order valence-electron chi connectivity index (χ0n) is 12.2.